The molecule has 2 heterocycles. The Morgan fingerprint density at radius 1 is 1.71 bits per heavy atom. The Morgan fingerprint density at radius 3 is 3.21 bits per heavy atom. The average Bonchev–Trinajstić information content (AvgIpc) is 2.70. The van der Waals surface area contributed by atoms with Gasteiger partial charge in [-0.1, -0.05) is 0 Å². The quantitative estimate of drug-likeness (QED) is 0.718. The number of carboxylic acid groups (broad SMARTS) is 1. The number of carboxylic acids is 1. The van der Waals surface area contributed by atoms with Gasteiger partial charge in [-0.25, -0.2) is 4.98 Å². The van der Waals surface area contributed by atoms with Gasteiger partial charge in [0.15, 0.2) is 6.39 Å². The SMILES string of the molecule is O=C(O)C1CNCCC1c1cnco1. The summed E-state index contributed by atoms with van der Waals surface area (Å²) in [5.41, 5.74) is 0. The largest absolute Gasteiger partial charge is 0.481 e. The summed E-state index contributed by atoms with van der Waals surface area (Å²) >= 11 is 0. The first kappa shape index (κ1) is 9.21. The lowest BCUT2D eigenvalue weighted by Crippen LogP contribution is -2.39. The van der Waals surface area contributed by atoms with Crippen molar-refractivity contribution in [3.8, 4) is 0 Å². The molecule has 1 aromatic heterocycles. The summed E-state index contributed by atoms with van der Waals surface area (Å²) in [5.74, 6) is -0.551. The average molecular weight is 196 g/mol. The van der Waals surface area contributed by atoms with Crippen LogP contribution < -0.4 is 5.32 Å². The molecule has 5 heteroatoms. The van der Waals surface area contributed by atoms with E-state index in [1.54, 1.807) is 6.20 Å². The molecule has 14 heavy (non-hydrogen) atoms. The monoisotopic (exact) mass is 196 g/mol. The Bertz CT molecular complexity index is 310. The molecule has 2 unspecified atom stereocenters. The third-order valence-corrected chi connectivity index (χ3v) is 2.62. The van der Waals surface area contributed by atoms with E-state index >= 15 is 0 Å². The van der Waals surface area contributed by atoms with Crippen LogP contribution in [0.15, 0.2) is 17.0 Å². The van der Waals surface area contributed by atoms with Gasteiger partial charge in [-0.05, 0) is 13.0 Å². The van der Waals surface area contributed by atoms with E-state index in [-0.39, 0.29) is 5.92 Å². The summed E-state index contributed by atoms with van der Waals surface area (Å²) in [6.07, 6.45) is 3.73. The van der Waals surface area contributed by atoms with Crippen molar-refractivity contribution in [2.75, 3.05) is 13.1 Å². The highest BCUT2D eigenvalue weighted by Gasteiger charge is 2.33. The summed E-state index contributed by atoms with van der Waals surface area (Å²) < 4.78 is 5.15. The molecule has 1 aliphatic heterocycles. The van der Waals surface area contributed by atoms with Gasteiger partial charge in [0.05, 0.1) is 12.1 Å². The maximum Gasteiger partial charge on any atom is 0.308 e. The van der Waals surface area contributed by atoms with Gasteiger partial charge in [-0.2, -0.15) is 0 Å². The highest BCUT2D eigenvalue weighted by atomic mass is 16.4. The fourth-order valence-corrected chi connectivity index (χ4v) is 1.87. The smallest absolute Gasteiger partial charge is 0.308 e. The number of nitrogens with one attached hydrogen (secondary N) is 1. The van der Waals surface area contributed by atoms with E-state index in [0.29, 0.717) is 12.3 Å². The standard InChI is InChI=1S/C9H12N2O3/c12-9(13)7-3-10-2-1-6(7)8-4-11-5-14-8/h4-7,10H,1-3H2,(H,12,13). The zero-order valence-corrected chi connectivity index (χ0v) is 7.64. The first-order valence-corrected chi connectivity index (χ1v) is 4.61. The Kier molecular flexibility index (Phi) is 2.49. The van der Waals surface area contributed by atoms with E-state index in [0.717, 1.165) is 13.0 Å². The molecule has 0 spiro atoms. The maximum atomic E-state index is 11.0. The van der Waals surface area contributed by atoms with Crippen molar-refractivity contribution in [3.05, 3.63) is 18.4 Å². The van der Waals surface area contributed by atoms with E-state index < -0.39 is 11.9 Å². The summed E-state index contributed by atoms with van der Waals surface area (Å²) in [5, 5.41) is 12.1. The predicted molar refractivity (Wildman–Crippen MR) is 47.9 cm³/mol. The first-order valence-electron chi connectivity index (χ1n) is 4.61. The Morgan fingerprint density at radius 2 is 2.57 bits per heavy atom. The Balaban J connectivity index is 2.18. The van der Waals surface area contributed by atoms with Crippen molar-refractivity contribution in [2.24, 2.45) is 5.92 Å². The van der Waals surface area contributed by atoms with Crippen LogP contribution in [0, 0.1) is 5.92 Å². The van der Waals surface area contributed by atoms with Crippen molar-refractivity contribution in [2.45, 2.75) is 12.3 Å². The van der Waals surface area contributed by atoms with Crippen LogP contribution in [0.4, 0.5) is 0 Å². The molecule has 0 aliphatic carbocycles. The van der Waals surface area contributed by atoms with Gasteiger partial charge in [0.2, 0.25) is 0 Å². The number of rotatable bonds is 2. The Hall–Kier alpha value is -1.36. The number of oxazole rings is 1. The molecule has 76 valence electrons. The minimum atomic E-state index is -0.779. The van der Waals surface area contributed by atoms with Crippen LogP contribution in [0.25, 0.3) is 0 Å². The molecule has 2 N–H and O–H groups in total. The van der Waals surface area contributed by atoms with Crippen molar-refractivity contribution in [1.82, 2.24) is 10.3 Å². The molecule has 1 fully saturated rings. The Labute approximate surface area is 81.1 Å². The highest BCUT2D eigenvalue weighted by Crippen LogP contribution is 2.29. The molecule has 5 nitrogen and oxygen atoms in total. The molecule has 2 atom stereocenters. The van der Waals surface area contributed by atoms with Crippen LogP contribution in [0.5, 0.6) is 0 Å². The molecule has 0 saturated carbocycles. The second-order valence-corrected chi connectivity index (χ2v) is 3.45. The van der Waals surface area contributed by atoms with Gasteiger partial charge in [0.1, 0.15) is 5.76 Å². The van der Waals surface area contributed by atoms with Crippen molar-refractivity contribution < 1.29 is 14.3 Å². The van der Waals surface area contributed by atoms with Crippen LogP contribution in [0.3, 0.4) is 0 Å². The number of piperidine rings is 1. The lowest BCUT2D eigenvalue weighted by molar-refractivity contribution is -0.143. The summed E-state index contributed by atoms with van der Waals surface area (Å²) in [6.45, 7) is 1.33. The minimum Gasteiger partial charge on any atom is -0.481 e. The highest BCUT2D eigenvalue weighted by molar-refractivity contribution is 5.71. The molecule has 1 saturated heterocycles. The van der Waals surface area contributed by atoms with Gasteiger partial charge in [0.25, 0.3) is 0 Å². The fraction of sp³-hybridized carbons (Fsp3) is 0.556. The molecule has 2 rings (SSSR count). The lowest BCUT2D eigenvalue weighted by Gasteiger charge is -2.27. The van der Waals surface area contributed by atoms with Gasteiger partial charge in [0, 0.05) is 12.5 Å². The fourth-order valence-electron chi connectivity index (χ4n) is 1.87. The van der Waals surface area contributed by atoms with Gasteiger partial charge >= 0.3 is 5.97 Å². The number of hydrogen-bond donors (Lipinski definition) is 2. The third kappa shape index (κ3) is 1.63. The van der Waals surface area contributed by atoms with Crippen molar-refractivity contribution in [1.29, 1.82) is 0 Å². The third-order valence-electron chi connectivity index (χ3n) is 2.62. The van der Waals surface area contributed by atoms with Crippen molar-refractivity contribution in [3.63, 3.8) is 0 Å². The molecule has 1 aromatic rings. The molecular formula is C9H12N2O3. The van der Waals surface area contributed by atoms with E-state index in [9.17, 15) is 4.79 Å². The van der Waals surface area contributed by atoms with Gasteiger partial charge in [-0.15, -0.1) is 0 Å². The van der Waals surface area contributed by atoms with Crippen LogP contribution >= 0.6 is 0 Å². The molecular weight excluding hydrogens is 184 g/mol. The number of aromatic nitrogens is 1. The topological polar surface area (TPSA) is 75.4 Å². The van der Waals surface area contributed by atoms with E-state index in [4.69, 9.17) is 9.52 Å². The molecule has 0 aromatic carbocycles. The number of hydrogen-bond acceptors (Lipinski definition) is 4. The van der Waals surface area contributed by atoms with E-state index in [1.165, 1.54) is 6.39 Å². The van der Waals surface area contributed by atoms with E-state index in [2.05, 4.69) is 10.3 Å². The first-order chi connectivity index (χ1) is 6.79. The summed E-state index contributed by atoms with van der Waals surface area (Å²) in [6, 6.07) is 0. The molecule has 0 bridgehead atoms. The van der Waals surface area contributed by atoms with Crippen LogP contribution in [-0.4, -0.2) is 29.1 Å². The van der Waals surface area contributed by atoms with Gasteiger partial charge in [-0.3, -0.25) is 4.79 Å². The van der Waals surface area contributed by atoms with E-state index in [1.807, 2.05) is 0 Å². The van der Waals surface area contributed by atoms with Crippen LogP contribution in [-0.2, 0) is 4.79 Å². The lowest BCUT2D eigenvalue weighted by atomic mass is 9.85. The number of aliphatic carboxylic acids is 1. The van der Waals surface area contributed by atoms with Crippen molar-refractivity contribution >= 4 is 5.97 Å². The molecule has 1 aliphatic rings. The molecule has 0 radical (unpaired) electrons. The summed E-state index contributed by atoms with van der Waals surface area (Å²) in [4.78, 5) is 14.8. The predicted octanol–water partition coefficient (Wildman–Crippen LogP) is 0.452. The minimum absolute atomic E-state index is 0.0451. The maximum absolute atomic E-state index is 11.0. The number of carbonyl (C=O) groups is 1. The van der Waals surface area contributed by atoms with Crippen LogP contribution in [0.1, 0.15) is 18.1 Å². The van der Waals surface area contributed by atoms with Crippen LogP contribution in [0.2, 0.25) is 0 Å². The normalized spacial score (nSPS) is 27.4. The number of nitrogens with zero attached hydrogens (tertiary/aromatic N) is 1. The zero-order valence-electron chi connectivity index (χ0n) is 7.64. The zero-order chi connectivity index (χ0) is 9.97. The molecule has 0 amide bonds. The second-order valence-electron chi connectivity index (χ2n) is 3.45. The summed E-state index contributed by atoms with van der Waals surface area (Å²) in [7, 11) is 0. The van der Waals surface area contributed by atoms with Gasteiger partial charge < -0.3 is 14.8 Å². The second kappa shape index (κ2) is 3.79.